The molecule has 11 rings (SSSR count). The number of esters is 1. The average molecular weight is 998 g/mol. The molecule has 6 N–H and O–H groups in total. The molecule has 0 bridgehead atoms. The van der Waals surface area contributed by atoms with E-state index in [0.29, 0.717) is 56.6 Å². The molecule has 352 valence electrons. The van der Waals surface area contributed by atoms with Gasteiger partial charge in [0.25, 0.3) is 0 Å². The van der Waals surface area contributed by atoms with Crippen LogP contribution < -0.4 is 21.1 Å². The van der Waals surface area contributed by atoms with Gasteiger partial charge in [0.2, 0.25) is 0 Å². The molecular weight excluding hydrogens is 959 g/mol. The molecule has 4 fully saturated rings. The summed E-state index contributed by atoms with van der Waals surface area (Å²) < 4.78 is 66.2. The van der Waals surface area contributed by atoms with Crippen LogP contribution in [0.1, 0.15) is 31.9 Å². The summed E-state index contributed by atoms with van der Waals surface area (Å²) in [5, 5.41) is 22.2. The molecule has 0 spiro atoms. The molecule has 5 unspecified atom stereocenters. The van der Waals surface area contributed by atoms with E-state index in [4.69, 9.17) is 64.4 Å². The van der Waals surface area contributed by atoms with Gasteiger partial charge in [0, 0.05) is 5.75 Å². The first-order valence-electron chi connectivity index (χ1n) is 20.4. The molecule has 0 amide bonds. The van der Waals surface area contributed by atoms with Crippen LogP contribution >= 0.6 is 24.9 Å². The van der Waals surface area contributed by atoms with Crippen LogP contribution in [0.3, 0.4) is 0 Å². The molecular formula is C39H39N10O14P2S2-. The highest BCUT2D eigenvalue weighted by Crippen LogP contribution is 2.66. The summed E-state index contributed by atoms with van der Waals surface area (Å²) in [6.07, 6.45) is 1.07. The Morgan fingerprint density at radius 1 is 0.836 bits per heavy atom. The first-order valence-corrected chi connectivity index (χ1v) is 26.1. The number of aliphatic hydroxyl groups is 2. The number of ether oxygens (including phenoxy) is 3. The van der Waals surface area contributed by atoms with Gasteiger partial charge in [-0.05, 0) is 41.2 Å². The largest absolute Gasteiger partial charge is 0.780 e. The highest BCUT2D eigenvalue weighted by Gasteiger charge is 2.54. The topological polar surface area (TPSA) is 328 Å². The van der Waals surface area contributed by atoms with Gasteiger partial charge in [-0.3, -0.25) is 23.0 Å². The number of carbonyl (C=O) groups is 1. The molecule has 7 aromatic rings. The molecule has 67 heavy (non-hydrogen) atoms. The lowest BCUT2D eigenvalue weighted by molar-refractivity contribution is -0.227. The fraction of sp³-hybridized carbons (Fsp3) is 0.359. The van der Waals surface area contributed by atoms with Crippen molar-refractivity contribution in [2.75, 3.05) is 24.7 Å². The van der Waals surface area contributed by atoms with Crippen LogP contribution in [0, 0.1) is 5.92 Å². The second-order valence-electron chi connectivity index (χ2n) is 15.7. The Balaban J connectivity index is 0.000000169. The fourth-order valence-corrected chi connectivity index (χ4v) is 12.5. The van der Waals surface area contributed by atoms with Crippen LogP contribution in [-0.4, -0.2) is 105 Å². The number of aliphatic hydroxyl groups excluding tert-OH is 2. The van der Waals surface area contributed by atoms with Crippen LogP contribution in [0.5, 0.6) is 5.75 Å². The molecule has 24 nitrogen and oxygen atoms in total. The number of hydrogen-bond acceptors (Lipinski definition) is 24. The molecule has 0 saturated carbocycles. The van der Waals surface area contributed by atoms with Gasteiger partial charge < -0.3 is 58.7 Å². The van der Waals surface area contributed by atoms with Crippen molar-refractivity contribution < 1.29 is 65.6 Å². The standard InChI is InChI=1S/C25H26N5O8PS.C14H14N5O6PS/c1-13(2)25(32)36-16-5-3-14(4-6-16)11-40-39(33)35-10-17-20(38-39)19(31)24(37-17)30-22(15-7-8-34-9-15)29-18-21(26)27-12-28-23(18)30;15-11-8-13(17-5-16-11)19(12(18-8)6-1-2-22-3-6)14-9(20)10-7(24-14)4-23-26(21,27)25-10/h3-9,12-13,17,19-20,24,31H,10-11H2,1-2H3,(H2,26,27,28);1-3,5,7,9-10,14,20H,4H2,(H,21,27)(H2,15,16,17)/p-1/t17?,19-,20?,24+,39+;7?,9-,10?,14+,26?/m00/s1. The molecule has 10 heterocycles. The molecule has 28 heteroatoms. The minimum atomic E-state index is -3.66. The second-order valence-corrected chi connectivity index (χ2v) is 22.5. The summed E-state index contributed by atoms with van der Waals surface area (Å²) in [6.45, 7) is -3.88. The number of anilines is 2. The lowest BCUT2D eigenvalue weighted by atomic mass is 10.1. The molecule has 10 atom stereocenters. The van der Waals surface area contributed by atoms with Crippen molar-refractivity contribution in [2.45, 2.75) is 68.7 Å². The van der Waals surface area contributed by atoms with Crippen LogP contribution in [0.4, 0.5) is 11.6 Å². The van der Waals surface area contributed by atoms with E-state index in [1.54, 1.807) is 59.4 Å². The second kappa shape index (κ2) is 18.0. The van der Waals surface area contributed by atoms with Gasteiger partial charge in [0.15, 0.2) is 46.4 Å². The summed E-state index contributed by atoms with van der Waals surface area (Å²) in [5.41, 5.74) is 15.5. The van der Waals surface area contributed by atoms with E-state index in [-0.39, 0.29) is 36.7 Å². The zero-order chi connectivity index (χ0) is 46.8. The van der Waals surface area contributed by atoms with Crippen molar-refractivity contribution in [1.82, 2.24) is 39.0 Å². The fourth-order valence-electron chi connectivity index (χ4n) is 7.72. The predicted molar refractivity (Wildman–Crippen MR) is 236 cm³/mol. The van der Waals surface area contributed by atoms with E-state index in [1.165, 1.54) is 37.7 Å². The summed E-state index contributed by atoms with van der Waals surface area (Å²) in [6, 6.07) is 10.3. The number of furan rings is 2. The van der Waals surface area contributed by atoms with Crippen molar-refractivity contribution >= 4 is 76.6 Å². The third kappa shape index (κ3) is 8.78. The first-order chi connectivity index (χ1) is 32.2. The van der Waals surface area contributed by atoms with Crippen LogP contribution in [0.2, 0.25) is 0 Å². The van der Waals surface area contributed by atoms with Gasteiger partial charge in [0.1, 0.15) is 85.9 Å². The molecule has 6 aromatic heterocycles. The van der Waals surface area contributed by atoms with Crippen molar-refractivity contribution in [3.63, 3.8) is 0 Å². The van der Waals surface area contributed by atoms with Crippen LogP contribution in [-0.2, 0) is 54.5 Å². The zero-order valence-corrected chi connectivity index (χ0v) is 38.4. The van der Waals surface area contributed by atoms with Crippen molar-refractivity contribution in [3.8, 4) is 28.5 Å². The number of benzene rings is 1. The number of hydrogen-bond donors (Lipinski definition) is 4. The number of carbonyl (C=O) groups excluding carboxylic acids is 1. The third-order valence-electron chi connectivity index (χ3n) is 11.0. The number of nitrogens with two attached hydrogens (primary N) is 2. The third-order valence-corrected chi connectivity index (χ3v) is 16.2. The van der Waals surface area contributed by atoms with Crippen molar-refractivity contribution in [2.24, 2.45) is 5.92 Å². The Hall–Kier alpha value is -5.18. The maximum Gasteiger partial charge on any atom is 0.389 e. The highest BCUT2D eigenvalue weighted by molar-refractivity contribution is 8.54. The summed E-state index contributed by atoms with van der Waals surface area (Å²) in [5.74, 6) is 1.34. The van der Waals surface area contributed by atoms with E-state index >= 15 is 0 Å². The number of rotatable bonds is 9. The number of aromatic nitrogens is 8. The molecule has 0 radical (unpaired) electrons. The minimum absolute atomic E-state index is 0.0443. The number of imidazole rings is 2. The zero-order valence-electron chi connectivity index (χ0n) is 35.0. The molecule has 0 aliphatic carbocycles. The first kappa shape index (κ1) is 45.6. The Bertz CT molecular complexity index is 3030. The smallest absolute Gasteiger partial charge is 0.389 e. The monoisotopic (exact) mass is 997 g/mol. The Kier molecular flexibility index (Phi) is 12.3. The lowest BCUT2D eigenvalue weighted by Gasteiger charge is -2.38. The van der Waals surface area contributed by atoms with E-state index in [9.17, 15) is 24.5 Å². The Labute approximate surface area is 387 Å². The van der Waals surface area contributed by atoms with Crippen molar-refractivity contribution in [1.29, 1.82) is 0 Å². The van der Waals surface area contributed by atoms with Crippen LogP contribution in [0.25, 0.3) is 45.1 Å². The quantitative estimate of drug-likeness (QED) is 0.0906. The van der Waals surface area contributed by atoms with Gasteiger partial charge in [-0.2, -0.15) is 0 Å². The van der Waals surface area contributed by atoms with Gasteiger partial charge in [-0.1, -0.05) is 37.8 Å². The maximum absolute atomic E-state index is 13.5. The lowest BCUT2D eigenvalue weighted by Crippen LogP contribution is -2.41. The van der Waals surface area contributed by atoms with Gasteiger partial charge in [-0.15, -0.1) is 0 Å². The molecule has 1 aromatic carbocycles. The minimum Gasteiger partial charge on any atom is -0.780 e. The summed E-state index contributed by atoms with van der Waals surface area (Å²) >= 11 is 5.77. The number of nitrogen functional groups attached to an aromatic ring is 2. The highest BCUT2D eigenvalue weighted by atomic mass is 32.7. The van der Waals surface area contributed by atoms with Gasteiger partial charge in [0.05, 0.1) is 42.8 Å². The molecule has 4 aliphatic heterocycles. The normalized spacial score (nSPS) is 29.2. The summed E-state index contributed by atoms with van der Waals surface area (Å²) in [7, 11) is 0. The maximum atomic E-state index is 13.5. The van der Waals surface area contributed by atoms with E-state index in [0.717, 1.165) is 16.9 Å². The van der Waals surface area contributed by atoms with Crippen LogP contribution in [0.15, 0.2) is 82.9 Å². The van der Waals surface area contributed by atoms with Crippen molar-refractivity contribution in [3.05, 3.63) is 79.7 Å². The number of fused-ring (bicyclic) bond motifs is 4. The SMILES string of the molecule is CC(C)C(=O)Oc1ccc(CS[P@]2(=O)OCC3O[C@@H](n4c(-c5ccoc5)nc5c(N)ncnc54)[C@@H](O)C3O2)cc1.Nc1ncnc2c1nc(-c1ccoc1)n2[C@@H]1OC2COP([O-])(=S)OC2[C@@H]1O. The molecule has 4 aliphatic rings. The molecule has 4 saturated heterocycles. The average Bonchev–Trinajstić information content (AvgIpc) is 4.18. The van der Waals surface area contributed by atoms with E-state index in [1.807, 2.05) is 0 Å². The van der Waals surface area contributed by atoms with E-state index in [2.05, 4.69) is 29.9 Å². The van der Waals surface area contributed by atoms with E-state index < -0.39 is 62.6 Å². The summed E-state index contributed by atoms with van der Waals surface area (Å²) in [4.78, 5) is 49.3. The Morgan fingerprint density at radius 3 is 1.87 bits per heavy atom. The number of nitrogens with zero attached hydrogens (tertiary/aromatic N) is 8. The Morgan fingerprint density at radius 2 is 1.36 bits per heavy atom. The van der Waals surface area contributed by atoms with Gasteiger partial charge >= 0.3 is 12.8 Å². The predicted octanol–water partition coefficient (Wildman–Crippen LogP) is 3.87. The van der Waals surface area contributed by atoms with Gasteiger partial charge in [-0.25, -0.2) is 34.5 Å².